The molecule has 1 aromatic carbocycles. The maximum atomic E-state index is 13.0. The maximum absolute atomic E-state index is 13.0. The molecule has 11 heteroatoms. The first-order valence-corrected chi connectivity index (χ1v) is 13.0. The van der Waals surface area contributed by atoms with Gasteiger partial charge in [-0.25, -0.2) is 9.78 Å². The Hall–Kier alpha value is -3.31. The molecule has 3 aromatic rings. The Morgan fingerprint density at radius 3 is 2.72 bits per heavy atom. The lowest BCUT2D eigenvalue weighted by molar-refractivity contribution is 0.0509. The number of rotatable bonds is 14. The van der Waals surface area contributed by atoms with Crippen LogP contribution in [0.5, 0.6) is 0 Å². The van der Waals surface area contributed by atoms with Crippen LogP contribution in [-0.2, 0) is 4.74 Å². The summed E-state index contributed by atoms with van der Waals surface area (Å²) in [6.07, 6.45) is 3.22. The second kappa shape index (κ2) is 13.7. The normalized spacial score (nSPS) is 11.8. The van der Waals surface area contributed by atoms with E-state index in [-0.39, 0.29) is 17.9 Å². The van der Waals surface area contributed by atoms with Gasteiger partial charge in [0.15, 0.2) is 5.13 Å². The molecule has 0 saturated carbocycles. The van der Waals surface area contributed by atoms with Crippen molar-refractivity contribution in [2.24, 2.45) is 0 Å². The Bertz CT molecular complexity index is 1150. The maximum Gasteiger partial charge on any atom is 0.350 e. The van der Waals surface area contributed by atoms with Crippen molar-refractivity contribution in [1.29, 1.82) is 0 Å². The Labute approximate surface area is 215 Å². The van der Waals surface area contributed by atoms with E-state index < -0.39 is 0 Å². The fraction of sp³-hybridized carbons (Fsp3) is 0.480. The predicted octanol–water partition coefficient (Wildman–Crippen LogP) is 3.98. The summed E-state index contributed by atoms with van der Waals surface area (Å²) in [5, 5.41) is 14.2. The number of nitrogens with zero attached hydrogens (tertiary/aromatic N) is 3. The van der Waals surface area contributed by atoms with Crippen LogP contribution in [0.1, 0.15) is 64.2 Å². The number of ether oxygens (including phenoxy) is 1. The first kappa shape index (κ1) is 27.3. The van der Waals surface area contributed by atoms with E-state index in [2.05, 4.69) is 31.1 Å². The van der Waals surface area contributed by atoms with Crippen LogP contribution < -0.4 is 16.0 Å². The van der Waals surface area contributed by atoms with E-state index in [4.69, 9.17) is 9.26 Å². The highest BCUT2D eigenvalue weighted by Gasteiger charge is 2.18. The van der Waals surface area contributed by atoms with Gasteiger partial charge in [0.1, 0.15) is 4.88 Å². The topological polar surface area (TPSA) is 131 Å². The molecule has 2 aromatic heterocycles. The number of carbonyl (C=O) groups is 2. The number of aryl methyl sites for hydroxylation is 2. The van der Waals surface area contributed by atoms with E-state index in [9.17, 15) is 9.59 Å². The lowest BCUT2D eigenvalue weighted by Crippen LogP contribution is -2.36. The zero-order valence-corrected chi connectivity index (χ0v) is 22.0. The minimum Gasteiger partial charge on any atom is -0.461 e. The third-order valence-corrected chi connectivity index (χ3v) is 6.51. The molecule has 0 aliphatic rings. The number of benzene rings is 1. The van der Waals surface area contributed by atoms with Crippen LogP contribution in [0.2, 0.25) is 0 Å². The number of hydrogen-bond donors (Lipinski definition) is 3. The van der Waals surface area contributed by atoms with Gasteiger partial charge in [0.25, 0.3) is 5.91 Å². The van der Waals surface area contributed by atoms with Crippen molar-refractivity contribution in [3.05, 3.63) is 46.3 Å². The second-order valence-electron chi connectivity index (χ2n) is 8.42. The van der Waals surface area contributed by atoms with Gasteiger partial charge in [-0.05, 0) is 58.3 Å². The van der Waals surface area contributed by atoms with Gasteiger partial charge >= 0.3 is 5.97 Å². The number of carbonyl (C=O) groups excluding carboxylic acids is 2. The van der Waals surface area contributed by atoms with Gasteiger partial charge in [-0.3, -0.25) is 4.79 Å². The van der Waals surface area contributed by atoms with Gasteiger partial charge in [-0.1, -0.05) is 35.5 Å². The Balaban J connectivity index is 1.60. The minimum atomic E-state index is -0.338. The Morgan fingerprint density at radius 1 is 1.17 bits per heavy atom. The molecular weight excluding hydrogens is 480 g/mol. The van der Waals surface area contributed by atoms with Crippen molar-refractivity contribution >= 4 is 28.3 Å². The van der Waals surface area contributed by atoms with Gasteiger partial charge in [0.2, 0.25) is 11.7 Å². The highest BCUT2D eigenvalue weighted by molar-refractivity contribution is 7.17. The van der Waals surface area contributed by atoms with Crippen LogP contribution in [0.4, 0.5) is 5.13 Å². The number of hydrogen-bond acceptors (Lipinski definition) is 10. The SMILES string of the molecule is CCCOC(=O)c1sc(NCC[C@@H](CCCNC)NC(=O)c2cccc(-c3noc(C)n3)c2)nc1C. The third kappa shape index (κ3) is 7.85. The van der Waals surface area contributed by atoms with E-state index >= 15 is 0 Å². The number of nitrogens with one attached hydrogen (secondary N) is 3. The number of amides is 1. The summed E-state index contributed by atoms with van der Waals surface area (Å²) in [5.74, 6) is 0.429. The van der Waals surface area contributed by atoms with Crippen LogP contribution >= 0.6 is 11.3 Å². The molecule has 0 unspecified atom stereocenters. The van der Waals surface area contributed by atoms with Crippen molar-refractivity contribution in [3.63, 3.8) is 0 Å². The highest BCUT2D eigenvalue weighted by atomic mass is 32.1. The van der Waals surface area contributed by atoms with Crippen molar-refractivity contribution in [2.45, 2.75) is 52.5 Å². The van der Waals surface area contributed by atoms with Gasteiger partial charge in [-0.2, -0.15) is 4.98 Å². The molecule has 10 nitrogen and oxygen atoms in total. The molecule has 0 radical (unpaired) electrons. The average Bonchev–Trinajstić information content (AvgIpc) is 3.47. The molecule has 194 valence electrons. The van der Waals surface area contributed by atoms with Crippen molar-refractivity contribution in [3.8, 4) is 11.4 Å². The monoisotopic (exact) mass is 514 g/mol. The quantitative estimate of drug-likeness (QED) is 0.216. The summed E-state index contributed by atoms with van der Waals surface area (Å²) in [4.78, 5) is 34.4. The minimum absolute atomic E-state index is 0.0375. The van der Waals surface area contributed by atoms with E-state index in [1.807, 2.05) is 20.0 Å². The van der Waals surface area contributed by atoms with Crippen LogP contribution in [0.3, 0.4) is 0 Å². The van der Waals surface area contributed by atoms with Crippen LogP contribution in [0.25, 0.3) is 11.4 Å². The van der Waals surface area contributed by atoms with E-state index in [0.29, 0.717) is 52.6 Å². The highest BCUT2D eigenvalue weighted by Crippen LogP contribution is 2.24. The number of esters is 1. The molecule has 0 fully saturated rings. The van der Waals surface area contributed by atoms with Crippen molar-refractivity contribution < 1.29 is 18.8 Å². The number of thiazole rings is 1. The first-order chi connectivity index (χ1) is 17.4. The second-order valence-corrected chi connectivity index (χ2v) is 9.42. The smallest absolute Gasteiger partial charge is 0.350 e. The van der Waals surface area contributed by atoms with Crippen molar-refractivity contribution in [1.82, 2.24) is 25.8 Å². The molecule has 0 aliphatic carbocycles. The van der Waals surface area contributed by atoms with Crippen LogP contribution in [0, 0.1) is 13.8 Å². The molecule has 3 rings (SSSR count). The summed E-state index contributed by atoms with van der Waals surface area (Å²) in [7, 11) is 1.91. The summed E-state index contributed by atoms with van der Waals surface area (Å²) < 4.78 is 10.3. The van der Waals surface area contributed by atoms with Gasteiger partial charge in [-0.15, -0.1) is 0 Å². The van der Waals surface area contributed by atoms with Gasteiger partial charge < -0.3 is 25.2 Å². The molecule has 36 heavy (non-hydrogen) atoms. The molecule has 0 aliphatic heterocycles. The zero-order valence-electron chi connectivity index (χ0n) is 21.2. The standard InChI is InChI=1S/C25H34N6O4S/c1-5-14-34-24(33)21-16(2)28-25(36-21)27-13-11-20(10-7-12-26-4)30-23(32)19-9-6-8-18(15-19)22-29-17(3)35-31-22/h6,8-9,15,20,26H,5,7,10-14H2,1-4H3,(H,27,28)(H,30,32)/t20-/m1/s1. The average molecular weight is 515 g/mol. The lowest BCUT2D eigenvalue weighted by Gasteiger charge is -2.19. The van der Waals surface area contributed by atoms with Gasteiger partial charge in [0.05, 0.1) is 12.3 Å². The molecule has 1 amide bonds. The van der Waals surface area contributed by atoms with E-state index in [0.717, 1.165) is 31.4 Å². The van der Waals surface area contributed by atoms with E-state index in [1.54, 1.807) is 32.0 Å². The Kier molecular flexibility index (Phi) is 10.4. The molecule has 0 saturated heterocycles. The molecule has 1 atom stereocenters. The lowest BCUT2D eigenvalue weighted by atomic mass is 10.1. The number of anilines is 1. The molecule has 0 spiro atoms. The predicted molar refractivity (Wildman–Crippen MR) is 139 cm³/mol. The molecule has 2 heterocycles. The van der Waals surface area contributed by atoms with Gasteiger partial charge in [0, 0.05) is 30.6 Å². The zero-order chi connectivity index (χ0) is 25.9. The van der Waals surface area contributed by atoms with E-state index in [1.165, 1.54) is 11.3 Å². The summed E-state index contributed by atoms with van der Waals surface area (Å²) in [6, 6.07) is 7.15. The number of aromatic nitrogens is 3. The van der Waals surface area contributed by atoms with Crippen LogP contribution in [-0.4, -0.2) is 59.8 Å². The Morgan fingerprint density at radius 2 is 2.00 bits per heavy atom. The summed E-state index contributed by atoms with van der Waals surface area (Å²) in [6.45, 7) is 7.34. The van der Waals surface area contributed by atoms with Crippen LogP contribution in [0.15, 0.2) is 28.8 Å². The molecule has 3 N–H and O–H groups in total. The third-order valence-electron chi connectivity index (χ3n) is 5.41. The largest absolute Gasteiger partial charge is 0.461 e. The fourth-order valence-electron chi connectivity index (χ4n) is 3.57. The van der Waals surface area contributed by atoms with Crippen molar-refractivity contribution in [2.75, 3.05) is 32.1 Å². The first-order valence-electron chi connectivity index (χ1n) is 12.2. The fourth-order valence-corrected chi connectivity index (χ4v) is 4.46. The summed E-state index contributed by atoms with van der Waals surface area (Å²) in [5.41, 5.74) is 1.91. The molecule has 0 bridgehead atoms. The molecular formula is C25H34N6O4S. The summed E-state index contributed by atoms with van der Waals surface area (Å²) >= 11 is 1.29.